The molecular formula is C31H35N5O4. The number of rotatable bonds is 6. The molecule has 0 saturated carbocycles. The zero-order valence-corrected chi connectivity index (χ0v) is 22.7. The molecule has 2 aromatic heterocycles. The van der Waals surface area contributed by atoms with Crippen molar-refractivity contribution >= 4 is 16.9 Å². The second kappa shape index (κ2) is 10.9. The summed E-state index contributed by atoms with van der Waals surface area (Å²) in [5.74, 6) is 0.553. The second-order valence-corrected chi connectivity index (χ2v) is 10.9. The summed E-state index contributed by atoms with van der Waals surface area (Å²) in [6.07, 6.45) is 5.43. The van der Waals surface area contributed by atoms with Crippen LogP contribution in [0.5, 0.6) is 5.75 Å². The van der Waals surface area contributed by atoms with Crippen LogP contribution in [0.15, 0.2) is 78.0 Å². The molecule has 1 amide bonds. The summed E-state index contributed by atoms with van der Waals surface area (Å²) in [4.78, 5) is 33.4. The Labute approximate surface area is 233 Å². The molecule has 40 heavy (non-hydrogen) atoms. The van der Waals surface area contributed by atoms with Gasteiger partial charge in [0, 0.05) is 44.0 Å². The van der Waals surface area contributed by atoms with Crippen LogP contribution in [0.4, 0.5) is 0 Å². The number of hydrogen-bond acceptors (Lipinski definition) is 6. The minimum atomic E-state index is -1.41. The van der Waals surface area contributed by atoms with Crippen LogP contribution in [0.2, 0.25) is 0 Å². The summed E-state index contributed by atoms with van der Waals surface area (Å²) in [6, 6.07) is 19.2. The van der Waals surface area contributed by atoms with Gasteiger partial charge in [-0.2, -0.15) is 0 Å². The maximum atomic E-state index is 13.7. The zero-order valence-electron chi connectivity index (χ0n) is 22.7. The van der Waals surface area contributed by atoms with Gasteiger partial charge in [0.15, 0.2) is 11.2 Å². The number of hydrogen-bond donors (Lipinski definition) is 2. The first-order valence-corrected chi connectivity index (χ1v) is 14.0. The maximum Gasteiger partial charge on any atom is 0.262 e. The van der Waals surface area contributed by atoms with E-state index in [0.717, 1.165) is 29.8 Å². The van der Waals surface area contributed by atoms with Crippen LogP contribution >= 0.6 is 0 Å². The fraction of sp³-hybridized carbons (Fsp3) is 0.387. The molecule has 0 bridgehead atoms. The highest BCUT2D eigenvalue weighted by molar-refractivity contribution is 5.86. The molecule has 6 rings (SSSR count). The van der Waals surface area contributed by atoms with Crippen LogP contribution in [0, 0.1) is 5.92 Å². The topological polar surface area (TPSA) is 102 Å². The van der Waals surface area contributed by atoms with Gasteiger partial charge in [0.1, 0.15) is 5.75 Å². The monoisotopic (exact) mass is 541 g/mol. The molecule has 2 atom stereocenters. The van der Waals surface area contributed by atoms with Crippen LogP contribution in [0.1, 0.15) is 30.7 Å². The Kier molecular flexibility index (Phi) is 7.16. The minimum absolute atomic E-state index is 0.0644. The lowest BCUT2D eigenvalue weighted by Gasteiger charge is -2.43. The maximum absolute atomic E-state index is 13.7. The van der Waals surface area contributed by atoms with Gasteiger partial charge in [0.2, 0.25) is 0 Å². The van der Waals surface area contributed by atoms with E-state index in [1.54, 1.807) is 18.0 Å². The first-order chi connectivity index (χ1) is 19.5. The molecule has 2 saturated heterocycles. The molecule has 0 radical (unpaired) electrons. The van der Waals surface area contributed by atoms with Crippen LogP contribution in [-0.2, 0) is 11.3 Å². The lowest BCUT2D eigenvalue weighted by molar-refractivity contribution is -0.158. The number of nitrogens with one attached hydrogen (secondary N) is 1. The number of methoxy groups -OCH3 is 1. The summed E-state index contributed by atoms with van der Waals surface area (Å²) in [7, 11) is 1.63. The van der Waals surface area contributed by atoms with Crippen LogP contribution in [0.25, 0.3) is 16.7 Å². The molecule has 4 heterocycles. The van der Waals surface area contributed by atoms with Gasteiger partial charge in [-0.15, -0.1) is 0 Å². The highest BCUT2D eigenvalue weighted by atomic mass is 16.5. The van der Waals surface area contributed by atoms with Gasteiger partial charge in [0.25, 0.3) is 11.5 Å². The van der Waals surface area contributed by atoms with Crippen LogP contribution < -0.4 is 15.6 Å². The van der Waals surface area contributed by atoms with Gasteiger partial charge in [-0.25, -0.2) is 4.98 Å². The third kappa shape index (κ3) is 4.80. The Bertz CT molecular complexity index is 1540. The van der Waals surface area contributed by atoms with E-state index in [4.69, 9.17) is 4.74 Å². The first kappa shape index (κ1) is 26.3. The van der Waals surface area contributed by atoms with Gasteiger partial charge >= 0.3 is 0 Å². The van der Waals surface area contributed by atoms with E-state index < -0.39 is 5.60 Å². The molecule has 2 aliphatic heterocycles. The van der Waals surface area contributed by atoms with Gasteiger partial charge in [-0.05, 0) is 67.6 Å². The summed E-state index contributed by atoms with van der Waals surface area (Å²) >= 11 is 0. The summed E-state index contributed by atoms with van der Waals surface area (Å²) in [6.45, 7) is 2.87. The summed E-state index contributed by atoms with van der Waals surface area (Å²) in [5, 5.41) is 15.6. The predicted molar refractivity (Wildman–Crippen MR) is 153 cm³/mol. The van der Waals surface area contributed by atoms with Crippen molar-refractivity contribution in [1.29, 1.82) is 0 Å². The number of carbonyl (C=O) groups is 1. The van der Waals surface area contributed by atoms with Crippen molar-refractivity contribution in [2.75, 3.05) is 33.3 Å². The Balaban J connectivity index is 1.13. The van der Waals surface area contributed by atoms with Crippen molar-refractivity contribution in [1.82, 2.24) is 24.3 Å². The predicted octanol–water partition coefficient (Wildman–Crippen LogP) is 2.94. The molecule has 0 spiro atoms. The molecule has 0 aliphatic carbocycles. The van der Waals surface area contributed by atoms with Crippen LogP contribution in [0.3, 0.4) is 0 Å². The number of ether oxygens (including phenoxy) is 1. The number of aliphatic hydroxyl groups is 1. The van der Waals surface area contributed by atoms with E-state index >= 15 is 0 Å². The standard InChI is InChI=1S/C31H35N5O4/c1-40-25-9-7-24(8-10-25)36-18-13-26-28(36)33-21-35(29(26)37)20-22-11-16-34(17-12-22)30(38)31(39)14-15-32-19-27(31)23-5-3-2-4-6-23/h2-10,13,18,21-22,27,32,39H,11-12,14-17,19-20H2,1H3/t27-,31+/m0/s1. The number of amides is 1. The van der Waals surface area contributed by atoms with Crippen molar-refractivity contribution in [2.24, 2.45) is 5.92 Å². The Hall–Kier alpha value is -3.95. The SMILES string of the molecule is COc1ccc(-n2ccc3c(=O)n(CC4CCN(C(=O)[C@@]5(O)CCNC[C@H]5c5ccccc5)CC4)cnc32)cc1. The molecule has 9 nitrogen and oxygen atoms in total. The Morgan fingerprint density at radius 2 is 1.85 bits per heavy atom. The third-order valence-electron chi connectivity index (χ3n) is 8.56. The number of carbonyl (C=O) groups excluding carboxylic acids is 1. The smallest absolute Gasteiger partial charge is 0.262 e. The summed E-state index contributed by atoms with van der Waals surface area (Å²) in [5.41, 5.74) is 1.02. The lowest BCUT2D eigenvalue weighted by atomic mass is 9.76. The van der Waals surface area contributed by atoms with Crippen molar-refractivity contribution < 1.29 is 14.6 Å². The molecule has 4 aromatic rings. The quantitative estimate of drug-likeness (QED) is 0.389. The Morgan fingerprint density at radius 3 is 2.58 bits per heavy atom. The number of benzene rings is 2. The van der Waals surface area contributed by atoms with Crippen molar-refractivity contribution in [3.8, 4) is 11.4 Å². The molecule has 2 fully saturated rings. The van der Waals surface area contributed by atoms with E-state index in [1.165, 1.54) is 0 Å². The highest BCUT2D eigenvalue weighted by Gasteiger charge is 2.48. The van der Waals surface area contributed by atoms with E-state index in [-0.39, 0.29) is 23.3 Å². The Morgan fingerprint density at radius 1 is 1.10 bits per heavy atom. The van der Waals surface area contributed by atoms with E-state index in [0.29, 0.717) is 50.2 Å². The zero-order chi connectivity index (χ0) is 27.7. The number of piperidine rings is 2. The number of nitrogens with zero attached hydrogens (tertiary/aromatic N) is 4. The molecule has 0 unspecified atom stereocenters. The second-order valence-electron chi connectivity index (χ2n) is 10.9. The molecule has 2 aliphatic rings. The average Bonchev–Trinajstić information content (AvgIpc) is 3.44. The molecule has 2 aromatic carbocycles. The number of aromatic nitrogens is 3. The highest BCUT2D eigenvalue weighted by Crippen LogP contribution is 2.36. The molecule has 9 heteroatoms. The van der Waals surface area contributed by atoms with Gasteiger partial charge in [-0.3, -0.25) is 14.2 Å². The van der Waals surface area contributed by atoms with Gasteiger partial charge in [-0.1, -0.05) is 30.3 Å². The van der Waals surface area contributed by atoms with Crippen molar-refractivity contribution in [2.45, 2.75) is 37.3 Å². The van der Waals surface area contributed by atoms with E-state index in [2.05, 4.69) is 10.3 Å². The number of fused-ring (bicyclic) bond motifs is 1. The van der Waals surface area contributed by atoms with Crippen molar-refractivity contribution in [3.63, 3.8) is 0 Å². The first-order valence-electron chi connectivity index (χ1n) is 14.0. The third-order valence-corrected chi connectivity index (χ3v) is 8.56. The normalized spacial score (nSPS) is 21.9. The lowest BCUT2D eigenvalue weighted by Crippen LogP contribution is -2.59. The fourth-order valence-electron chi connectivity index (χ4n) is 6.21. The average molecular weight is 542 g/mol. The minimum Gasteiger partial charge on any atom is -0.497 e. The van der Waals surface area contributed by atoms with Crippen molar-refractivity contribution in [3.05, 3.63) is 89.1 Å². The molecule has 2 N–H and O–H groups in total. The van der Waals surface area contributed by atoms with E-state index in [9.17, 15) is 14.7 Å². The molecule has 208 valence electrons. The van der Waals surface area contributed by atoms with E-state index in [1.807, 2.05) is 76.3 Å². The van der Waals surface area contributed by atoms with Crippen LogP contribution in [-0.4, -0.2) is 68.9 Å². The molecular weight excluding hydrogens is 506 g/mol. The fourth-order valence-corrected chi connectivity index (χ4v) is 6.21. The van der Waals surface area contributed by atoms with Gasteiger partial charge < -0.3 is 24.6 Å². The largest absolute Gasteiger partial charge is 0.497 e. The van der Waals surface area contributed by atoms with Gasteiger partial charge in [0.05, 0.1) is 18.8 Å². The number of likely N-dealkylation sites (tertiary alicyclic amines) is 1. The summed E-state index contributed by atoms with van der Waals surface area (Å²) < 4.78 is 8.84.